The van der Waals surface area contributed by atoms with Gasteiger partial charge in [-0.15, -0.1) is 0 Å². The Morgan fingerprint density at radius 2 is 2.26 bits per heavy atom. The largest absolute Gasteiger partial charge is 0.370 e. The monoisotopic (exact) mass is 380 g/mol. The zero-order valence-electron chi connectivity index (χ0n) is 12.7. The molecule has 0 aliphatic carbocycles. The van der Waals surface area contributed by atoms with Gasteiger partial charge in [-0.3, -0.25) is 4.79 Å². The van der Waals surface area contributed by atoms with E-state index in [1.165, 1.54) is 12.1 Å². The van der Waals surface area contributed by atoms with Crippen LogP contribution in [0.5, 0.6) is 0 Å². The van der Waals surface area contributed by atoms with E-state index in [0.29, 0.717) is 36.7 Å². The molecule has 0 aromatic heterocycles. The van der Waals surface area contributed by atoms with Gasteiger partial charge in [0.15, 0.2) is 0 Å². The van der Waals surface area contributed by atoms with E-state index in [9.17, 15) is 9.18 Å². The van der Waals surface area contributed by atoms with E-state index < -0.39 is 18.0 Å². The number of amides is 1. The zero-order chi connectivity index (χ0) is 17.0. The van der Waals surface area contributed by atoms with Gasteiger partial charge in [-0.25, -0.2) is 4.39 Å². The number of hydrogen-bond donors (Lipinski definition) is 1. The Bertz CT molecular complexity index is 577. The Morgan fingerprint density at radius 3 is 2.96 bits per heavy atom. The van der Waals surface area contributed by atoms with Crippen molar-refractivity contribution in [1.29, 1.82) is 0 Å². The van der Waals surface area contributed by atoms with Gasteiger partial charge in [0.1, 0.15) is 11.9 Å². The minimum absolute atomic E-state index is 0.0402. The molecule has 1 aliphatic heterocycles. The highest BCUT2D eigenvalue weighted by Crippen LogP contribution is 2.32. The highest BCUT2D eigenvalue weighted by molar-refractivity contribution is 7.98. The van der Waals surface area contributed by atoms with Crippen molar-refractivity contribution in [2.45, 2.75) is 18.6 Å². The number of nitrogens with zero attached hydrogens (tertiary/aromatic N) is 1. The third-order valence-electron chi connectivity index (χ3n) is 3.71. The predicted octanol–water partition coefficient (Wildman–Crippen LogP) is 3.11. The van der Waals surface area contributed by atoms with Crippen LogP contribution in [0.2, 0.25) is 10.0 Å². The van der Waals surface area contributed by atoms with Crippen LogP contribution in [0, 0.1) is 5.82 Å². The summed E-state index contributed by atoms with van der Waals surface area (Å²) in [4.78, 5) is 14.0. The van der Waals surface area contributed by atoms with Crippen LogP contribution in [0.1, 0.15) is 18.1 Å². The number of halogens is 3. The van der Waals surface area contributed by atoms with Crippen LogP contribution in [0.3, 0.4) is 0 Å². The van der Waals surface area contributed by atoms with Crippen molar-refractivity contribution in [2.75, 3.05) is 31.7 Å². The lowest BCUT2D eigenvalue weighted by atomic mass is 10.1. The maximum absolute atomic E-state index is 13.7. The van der Waals surface area contributed by atoms with Gasteiger partial charge in [0.25, 0.3) is 0 Å². The summed E-state index contributed by atoms with van der Waals surface area (Å²) in [7, 11) is 0. The maximum atomic E-state index is 13.7. The van der Waals surface area contributed by atoms with Crippen molar-refractivity contribution in [3.8, 4) is 0 Å². The van der Waals surface area contributed by atoms with Gasteiger partial charge in [0.05, 0.1) is 24.2 Å². The van der Waals surface area contributed by atoms with Gasteiger partial charge < -0.3 is 15.4 Å². The fraction of sp³-hybridized carbons (Fsp3) is 0.533. The van der Waals surface area contributed by atoms with E-state index in [1.54, 1.807) is 16.7 Å². The first-order valence-electron chi connectivity index (χ1n) is 7.23. The van der Waals surface area contributed by atoms with E-state index in [-0.39, 0.29) is 10.9 Å². The van der Waals surface area contributed by atoms with Crippen molar-refractivity contribution >= 4 is 40.9 Å². The van der Waals surface area contributed by atoms with Gasteiger partial charge in [-0.1, -0.05) is 23.2 Å². The molecule has 1 amide bonds. The number of nitrogens with two attached hydrogens (primary N) is 1. The molecule has 2 rings (SSSR count). The van der Waals surface area contributed by atoms with Crippen molar-refractivity contribution < 1.29 is 13.9 Å². The van der Waals surface area contributed by atoms with Gasteiger partial charge in [0, 0.05) is 17.1 Å². The maximum Gasteiger partial charge on any atom is 0.239 e. The normalized spacial score (nSPS) is 19.7. The van der Waals surface area contributed by atoms with Crippen LogP contribution in [-0.4, -0.2) is 48.6 Å². The van der Waals surface area contributed by atoms with Crippen molar-refractivity contribution in [3.05, 3.63) is 33.6 Å². The van der Waals surface area contributed by atoms with Crippen molar-refractivity contribution in [3.63, 3.8) is 0 Å². The summed E-state index contributed by atoms with van der Waals surface area (Å²) < 4.78 is 19.3. The molecule has 8 heteroatoms. The standard InChI is InChI=1S/C15H19Cl2FN2O2S/c1-23-5-2-13(19)15(21)20-3-4-22-14(8-20)9-6-12(18)11(17)7-10(9)16/h6-7,13-14H,2-5,8,19H2,1H3/t13-,14+/m0/s1. The topological polar surface area (TPSA) is 55.6 Å². The Balaban J connectivity index is 2.09. The zero-order valence-corrected chi connectivity index (χ0v) is 15.1. The Morgan fingerprint density at radius 1 is 1.52 bits per heavy atom. The first-order valence-corrected chi connectivity index (χ1v) is 9.38. The summed E-state index contributed by atoms with van der Waals surface area (Å²) in [6.07, 6.45) is 2.11. The lowest BCUT2D eigenvalue weighted by molar-refractivity contribution is -0.140. The van der Waals surface area contributed by atoms with Crippen LogP contribution in [-0.2, 0) is 9.53 Å². The quantitative estimate of drug-likeness (QED) is 0.797. The molecule has 2 N–H and O–H groups in total. The Hall–Kier alpha value is -0.530. The molecule has 23 heavy (non-hydrogen) atoms. The third kappa shape index (κ3) is 4.73. The van der Waals surface area contributed by atoms with Crippen LogP contribution >= 0.6 is 35.0 Å². The van der Waals surface area contributed by atoms with Crippen LogP contribution < -0.4 is 5.73 Å². The number of carbonyl (C=O) groups excluding carboxylic acids is 1. The minimum atomic E-state index is -0.560. The molecule has 0 bridgehead atoms. The van der Waals surface area contributed by atoms with E-state index in [4.69, 9.17) is 33.7 Å². The molecule has 2 atom stereocenters. The SMILES string of the molecule is CSCC[C@H](N)C(=O)N1CCO[C@@H](c2cc(F)c(Cl)cc2Cl)C1. The molecular formula is C15H19Cl2FN2O2S. The first-order chi connectivity index (χ1) is 10.9. The van der Waals surface area contributed by atoms with Crippen LogP contribution in [0.25, 0.3) is 0 Å². The number of hydrogen-bond acceptors (Lipinski definition) is 4. The van der Waals surface area contributed by atoms with E-state index in [1.807, 2.05) is 6.26 Å². The average Bonchev–Trinajstić information content (AvgIpc) is 2.55. The summed E-state index contributed by atoms with van der Waals surface area (Å²) in [6, 6.07) is 2.08. The fourth-order valence-electron chi connectivity index (χ4n) is 2.43. The Kier molecular flexibility index (Phi) is 6.98. The van der Waals surface area contributed by atoms with Gasteiger partial charge in [0.2, 0.25) is 5.91 Å². The number of carbonyl (C=O) groups is 1. The molecule has 1 fully saturated rings. The van der Waals surface area contributed by atoms with Gasteiger partial charge >= 0.3 is 0 Å². The first kappa shape index (κ1) is 18.8. The van der Waals surface area contributed by atoms with Crippen molar-refractivity contribution in [2.24, 2.45) is 5.73 Å². The second-order valence-electron chi connectivity index (χ2n) is 5.32. The second kappa shape index (κ2) is 8.53. The lowest BCUT2D eigenvalue weighted by Gasteiger charge is -2.35. The molecule has 1 aliphatic rings. The van der Waals surface area contributed by atoms with Crippen molar-refractivity contribution in [1.82, 2.24) is 4.90 Å². The highest BCUT2D eigenvalue weighted by Gasteiger charge is 2.29. The summed E-state index contributed by atoms with van der Waals surface area (Å²) in [5.41, 5.74) is 6.43. The average molecular weight is 381 g/mol. The third-order valence-corrected chi connectivity index (χ3v) is 4.98. The molecule has 1 aromatic carbocycles. The van der Waals surface area contributed by atoms with E-state index >= 15 is 0 Å². The minimum Gasteiger partial charge on any atom is -0.370 e. The van der Waals surface area contributed by atoms with Gasteiger partial charge in [-0.2, -0.15) is 11.8 Å². The second-order valence-corrected chi connectivity index (χ2v) is 7.12. The van der Waals surface area contributed by atoms with E-state index in [2.05, 4.69) is 0 Å². The number of benzene rings is 1. The Labute approximate surface area is 149 Å². The van der Waals surface area contributed by atoms with Gasteiger partial charge in [-0.05, 0) is 30.6 Å². The smallest absolute Gasteiger partial charge is 0.239 e. The molecule has 4 nitrogen and oxygen atoms in total. The number of rotatable bonds is 5. The molecule has 1 heterocycles. The highest BCUT2D eigenvalue weighted by atomic mass is 35.5. The molecule has 0 unspecified atom stereocenters. The lowest BCUT2D eigenvalue weighted by Crippen LogP contribution is -2.49. The molecule has 1 aromatic rings. The summed E-state index contributed by atoms with van der Waals surface area (Å²) in [5.74, 6) is 0.155. The molecular weight excluding hydrogens is 362 g/mol. The summed E-state index contributed by atoms with van der Waals surface area (Å²) >= 11 is 13.5. The molecule has 128 valence electrons. The van der Waals surface area contributed by atoms with E-state index in [0.717, 1.165) is 5.75 Å². The number of ether oxygens (including phenoxy) is 1. The van der Waals surface area contributed by atoms with Crippen LogP contribution in [0.15, 0.2) is 12.1 Å². The van der Waals surface area contributed by atoms with Crippen LogP contribution in [0.4, 0.5) is 4.39 Å². The summed E-state index contributed by atoms with van der Waals surface area (Å²) in [5, 5.41) is 0.281. The molecule has 1 saturated heterocycles. The fourth-order valence-corrected chi connectivity index (χ4v) is 3.42. The molecule has 0 spiro atoms. The molecule has 0 saturated carbocycles. The predicted molar refractivity (Wildman–Crippen MR) is 92.7 cm³/mol. The number of thioether (sulfide) groups is 1. The summed E-state index contributed by atoms with van der Waals surface area (Å²) in [6.45, 7) is 1.12. The molecule has 0 radical (unpaired) electrons. The number of morpholine rings is 1.